The molecule has 0 spiro atoms. The number of aliphatic hydroxyl groups excluding tert-OH is 1. The van der Waals surface area contributed by atoms with Gasteiger partial charge in [-0.3, -0.25) is 4.79 Å². The lowest BCUT2D eigenvalue weighted by molar-refractivity contribution is -0.320. The van der Waals surface area contributed by atoms with E-state index in [-0.39, 0.29) is 19.8 Å². The van der Waals surface area contributed by atoms with Crippen molar-refractivity contribution < 1.29 is 38.3 Å². The summed E-state index contributed by atoms with van der Waals surface area (Å²) in [6.07, 6.45) is 3.77. The first-order valence-electron chi connectivity index (χ1n) is 14.9. The molecule has 0 aliphatic carbocycles. The minimum absolute atomic E-state index is 0.263. The van der Waals surface area contributed by atoms with E-state index in [9.17, 15) is 9.90 Å². The fourth-order valence-corrected chi connectivity index (χ4v) is 4.49. The molecule has 1 heterocycles. The van der Waals surface area contributed by atoms with Crippen LogP contribution in [0.15, 0.2) is 72.8 Å². The van der Waals surface area contributed by atoms with Crippen molar-refractivity contribution in [1.82, 2.24) is 0 Å². The third-order valence-corrected chi connectivity index (χ3v) is 6.88. The van der Waals surface area contributed by atoms with Crippen molar-refractivity contribution in [1.29, 1.82) is 0 Å². The van der Waals surface area contributed by atoms with E-state index in [1.165, 1.54) is 0 Å². The Morgan fingerprint density at radius 2 is 1.36 bits per heavy atom. The summed E-state index contributed by atoms with van der Waals surface area (Å²) in [5, 5.41) is 10.4. The van der Waals surface area contributed by atoms with Crippen LogP contribution in [-0.4, -0.2) is 68.7 Å². The van der Waals surface area contributed by atoms with Gasteiger partial charge >= 0.3 is 5.97 Å². The zero-order valence-corrected chi connectivity index (χ0v) is 25.5. The van der Waals surface area contributed by atoms with E-state index < -0.39 is 42.1 Å². The molecule has 2 unspecified atom stereocenters. The van der Waals surface area contributed by atoms with Gasteiger partial charge in [0.25, 0.3) is 0 Å². The van der Waals surface area contributed by atoms with Crippen LogP contribution in [0.25, 0.3) is 0 Å². The average Bonchev–Trinajstić information content (AvgIpc) is 2.99. The van der Waals surface area contributed by atoms with Crippen LogP contribution in [0.3, 0.4) is 0 Å². The van der Waals surface area contributed by atoms with Gasteiger partial charge in [-0.25, -0.2) is 0 Å². The summed E-state index contributed by atoms with van der Waals surface area (Å²) < 4.78 is 36.4. The summed E-state index contributed by atoms with van der Waals surface area (Å²) in [6, 6.07) is 19.5. The number of carbonyl (C=O) groups excluding carboxylic acids is 1. The molecule has 8 nitrogen and oxygen atoms in total. The van der Waals surface area contributed by atoms with Crippen LogP contribution in [0.5, 0.6) is 0 Å². The molecule has 1 aliphatic heterocycles. The van der Waals surface area contributed by atoms with Crippen molar-refractivity contribution in [2.24, 2.45) is 5.41 Å². The van der Waals surface area contributed by atoms with Gasteiger partial charge in [-0.1, -0.05) is 72.8 Å². The first-order chi connectivity index (χ1) is 20.3. The summed E-state index contributed by atoms with van der Waals surface area (Å²) in [5.74, 6) is -0.402. The van der Waals surface area contributed by atoms with Crippen LogP contribution in [-0.2, 0) is 46.4 Å². The fraction of sp³-hybridized carbons (Fsp3) is 0.559. The van der Waals surface area contributed by atoms with Crippen LogP contribution in [0.4, 0.5) is 0 Å². The van der Waals surface area contributed by atoms with E-state index in [0.29, 0.717) is 6.61 Å². The number of aliphatic hydroxyl groups is 1. The minimum atomic E-state index is -0.934. The molecule has 8 heteroatoms. The highest BCUT2D eigenvalue weighted by Gasteiger charge is 2.50. The maximum Gasteiger partial charge on any atom is 0.311 e. The van der Waals surface area contributed by atoms with Crippen molar-refractivity contribution in [3.8, 4) is 0 Å². The van der Waals surface area contributed by atoms with Gasteiger partial charge in [0.15, 0.2) is 12.4 Å². The highest BCUT2D eigenvalue weighted by atomic mass is 16.7. The van der Waals surface area contributed by atoms with Crippen molar-refractivity contribution in [2.75, 3.05) is 26.9 Å². The first kappa shape index (κ1) is 33.9. The maximum atomic E-state index is 13.2. The first-order valence-corrected chi connectivity index (χ1v) is 14.9. The Bertz CT molecular complexity index is 1040. The van der Waals surface area contributed by atoms with Gasteiger partial charge in [-0.05, 0) is 57.6 Å². The molecule has 0 bridgehead atoms. The predicted molar refractivity (Wildman–Crippen MR) is 161 cm³/mol. The number of allylic oxidation sites excluding steroid dienone is 2. The molecule has 0 aromatic heterocycles. The molecule has 2 aromatic rings. The van der Waals surface area contributed by atoms with Gasteiger partial charge in [0.1, 0.15) is 18.3 Å². The largest absolute Gasteiger partial charge is 0.454 e. The quantitative estimate of drug-likeness (QED) is 0.146. The van der Waals surface area contributed by atoms with Crippen molar-refractivity contribution >= 4 is 5.97 Å². The molecular formula is C34H48O8. The van der Waals surface area contributed by atoms with Crippen molar-refractivity contribution in [3.63, 3.8) is 0 Å². The molecule has 1 saturated heterocycles. The Balaban J connectivity index is 1.79. The summed E-state index contributed by atoms with van der Waals surface area (Å²) in [7, 11) is 1.71. The third-order valence-electron chi connectivity index (χ3n) is 6.88. The highest BCUT2D eigenvalue weighted by molar-refractivity contribution is 5.75. The Morgan fingerprint density at radius 3 is 1.88 bits per heavy atom. The maximum absolute atomic E-state index is 13.2. The monoisotopic (exact) mass is 584 g/mol. The Labute approximate surface area is 250 Å². The number of carbonyl (C=O) groups is 1. The average molecular weight is 585 g/mol. The van der Waals surface area contributed by atoms with Crippen molar-refractivity contribution in [2.45, 2.75) is 90.4 Å². The molecule has 0 radical (unpaired) electrons. The number of esters is 1. The second kappa shape index (κ2) is 18.2. The normalized spacial score (nSPS) is 22.8. The Morgan fingerprint density at radius 1 is 0.810 bits per heavy atom. The smallest absolute Gasteiger partial charge is 0.311 e. The topological polar surface area (TPSA) is 92.7 Å². The van der Waals surface area contributed by atoms with E-state index in [1.807, 2.05) is 60.7 Å². The number of unbranched alkanes of at least 4 members (excludes halogenated alkanes) is 2. The predicted octanol–water partition coefficient (Wildman–Crippen LogP) is 5.61. The van der Waals surface area contributed by atoms with Gasteiger partial charge in [-0.2, -0.15) is 0 Å². The number of rotatable bonds is 17. The lowest BCUT2D eigenvalue weighted by Gasteiger charge is -2.45. The minimum Gasteiger partial charge on any atom is -0.454 e. The number of hydrogen-bond acceptors (Lipinski definition) is 8. The lowest BCUT2D eigenvalue weighted by atomic mass is 9.95. The summed E-state index contributed by atoms with van der Waals surface area (Å²) in [5.41, 5.74) is 1.17. The number of methoxy groups -OCH3 is 1. The van der Waals surface area contributed by atoms with E-state index in [4.69, 9.17) is 28.4 Å². The number of benzene rings is 2. The second-order valence-corrected chi connectivity index (χ2v) is 11.5. The van der Waals surface area contributed by atoms with Gasteiger partial charge in [0.2, 0.25) is 0 Å². The van der Waals surface area contributed by atoms with Crippen LogP contribution < -0.4 is 0 Å². The molecule has 0 amide bonds. The Kier molecular flexibility index (Phi) is 14.7. The van der Waals surface area contributed by atoms with Gasteiger partial charge in [0.05, 0.1) is 31.8 Å². The third kappa shape index (κ3) is 11.2. The van der Waals surface area contributed by atoms with E-state index in [0.717, 1.165) is 43.4 Å². The fourth-order valence-electron chi connectivity index (χ4n) is 4.49. The molecule has 232 valence electrons. The van der Waals surface area contributed by atoms with Gasteiger partial charge in [0, 0.05) is 13.7 Å². The molecule has 5 atom stereocenters. The van der Waals surface area contributed by atoms with Gasteiger partial charge < -0.3 is 33.5 Å². The zero-order valence-electron chi connectivity index (χ0n) is 25.5. The lowest BCUT2D eigenvalue weighted by Crippen LogP contribution is -2.62. The molecule has 1 aliphatic rings. The number of hydrogen-bond donors (Lipinski definition) is 1. The standard InChI is InChI=1S/C34H48O8/c1-34(2,3)33(36)42-31-30(40-25-27-19-13-10-14-20-27)29(39-24-26-17-11-9-12-18-26)28(23-35)41-32(31)38-22-16-8-6-5-7-15-21-37-4/h5-6,9-14,17-20,28-32,35H,7-8,15-16,21-25H2,1-4H3/t28?,29-,30+,31?,32-/m1/s1. The van der Waals surface area contributed by atoms with E-state index in [2.05, 4.69) is 12.2 Å². The molecule has 0 saturated carbocycles. The zero-order chi connectivity index (χ0) is 30.2. The summed E-state index contributed by atoms with van der Waals surface area (Å²) >= 11 is 0. The molecule has 1 N–H and O–H groups in total. The van der Waals surface area contributed by atoms with Crippen molar-refractivity contribution in [3.05, 3.63) is 83.9 Å². The van der Waals surface area contributed by atoms with Crippen LogP contribution in [0.1, 0.15) is 57.6 Å². The molecular weight excluding hydrogens is 536 g/mol. The van der Waals surface area contributed by atoms with Gasteiger partial charge in [-0.15, -0.1) is 0 Å². The molecule has 3 rings (SSSR count). The molecule has 2 aromatic carbocycles. The summed E-state index contributed by atoms with van der Waals surface area (Å²) in [4.78, 5) is 13.2. The second-order valence-electron chi connectivity index (χ2n) is 11.5. The van der Waals surface area contributed by atoms with E-state index >= 15 is 0 Å². The SMILES string of the molecule is COCCCC=CCCCO[C@@H]1OC(CO)[C@@H](OCc2ccccc2)[C@H](OCc2ccccc2)C1OC(=O)C(C)(C)C. The van der Waals surface area contributed by atoms with Crippen LogP contribution >= 0.6 is 0 Å². The molecule has 42 heavy (non-hydrogen) atoms. The molecule has 1 fully saturated rings. The highest BCUT2D eigenvalue weighted by Crippen LogP contribution is 2.32. The van der Waals surface area contributed by atoms with Crippen LogP contribution in [0.2, 0.25) is 0 Å². The Hall–Kier alpha value is -2.59. The van der Waals surface area contributed by atoms with E-state index in [1.54, 1.807) is 27.9 Å². The van der Waals surface area contributed by atoms with Crippen LogP contribution in [0, 0.1) is 5.41 Å². The number of ether oxygens (including phenoxy) is 6. The summed E-state index contributed by atoms with van der Waals surface area (Å²) in [6.45, 7) is 6.76.